The molecule has 3 saturated carbocycles. The van der Waals surface area contributed by atoms with Crippen molar-refractivity contribution in [1.82, 2.24) is 0 Å². The molecule has 1 amide bonds. The number of sulfone groups is 2. The van der Waals surface area contributed by atoms with Gasteiger partial charge in [0.25, 0.3) is 11.4 Å². The molecule has 3 aliphatic carbocycles. The molecule has 37 heteroatoms. The number of anilines is 11. The van der Waals surface area contributed by atoms with Crippen molar-refractivity contribution in [1.29, 1.82) is 0 Å². The summed E-state index contributed by atoms with van der Waals surface area (Å²) in [6.45, 7) is 19.8. The molecule has 0 aromatic heterocycles. The van der Waals surface area contributed by atoms with Crippen molar-refractivity contribution in [3.8, 4) is 0 Å². The van der Waals surface area contributed by atoms with Gasteiger partial charge in [0.1, 0.15) is 0 Å². The van der Waals surface area contributed by atoms with Crippen LogP contribution in [0.2, 0.25) is 0 Å². The summed E-state index contributed by atoms with van der Waals surface area (Å²) in [7, 11) is -14.6. The number of hydrogen-bond acceptors (Lipinski definition) is 24. The number of nitrogens with zero attached hydrogens (tertiary/aromatic N) is 4. The molecule has 0 radical (unpaired) electrons. The number of hydrogen-bond donors (Lipinski definition) is 9. The van der Waals surface area contributed by atoms with Crippen LogP contribution in [0.4, 0.5) is 73.9 Å². The minimum atomic E-state index is -3.38. The van der Waals surface area contributed by atoms with Crippen molar-refractivity contribution in [2.75, 3.05) is 71.9 Å². The zero-order chi connectivity index (χ0) is 78.8. The maximum atomic E-state index is 12.6. The fourth-order valence-corrected chi connectivity index (χ4v) is 18.1. The lowest BCUT2D eigenvalue weighted by atomic mass is 10.0. The van der Waals surface area contributed by atoms with Crippen LogP contribution < -0.4 is 58.8 Å². The number of nitro groups is 2. The lowest BCUT2D eigenvalue weighted by Gasteiger charge is -2.35. The maximum Gasteiger partial charge on any atom is 0.278 e. The second kappa shape index (κ2) is 33.8. The number of nitrogens with one attached hydrogen (secondary N) is 2. The maximum absolute atomic E-state index is 12.6. The number of fused-ring (bicyclic) bond motifs is 2. The fraction of sp³-hybridized carbons (Fsp3) is 0.448. The SMILES string of the molecule is CC(=O)Nc1cc(N)cc(N)c1.CC(C)(C)S(=O)(=O)N1CCCc2ccc(N)cc21.CC(C)(C)S(=O)(=O)N1CCc2ccc(N)cc21.Cc1ccc(N)cc1CS(=O)(=O)C(C)(C)C.Nc1cc(CS(=O)(=O)C2CC2)cc(NS(=O)(=O)C2CC2)c1.Nc1cc([N+](=O)[O-])cc([N+](=O)[O-])c1.O=S(=O)(Cl)C1CC1. The van der Waals surface area contributed by atoms with Crippen molar-refractivity contribution in [2.24, 2.45) is 0 Å². The van der Waals surface area contributed by atoms with Gasteiger partial charge in [0.05, 0.1) is 74.5 Å². The van der Waals surface area contributed by atoms with Gasteiger partial charge in [-0.15, -0.1) is 0 Å². The van der Waals surface area contributed by atoms with E-state index < -0.39 is 82.9 Å². The van der Waals surface area contributed by atoms with Gasteiger partial charge < -0.3 is 45.5 Å². The average Bonchev–Trinajstić information content (AvgIpc) is 1.76. The highest BCUT2D eigenvalue weighted by molar-refractivity contribution is 8.14. The smallest absolute Gasteiger partial charge is 0.278 e. The highest BCUT2D eigenvalue weighted by Gasteiger charge is 2.41. The van der Waals surface area contributed by atoms with E-state index in [0.717, 1.165) is 83.9 Å². The number of non-ortho nitro benzene ring substituents is 2. The molecule has 0 atom stereocenters. The van der Waals surface area contributed by atoms with Gasteiger partial charge >= 0.3 is 0 Å². The Kier molecular flexibility index (Phi) is 28.0. The van der Waals surface area contributed by atoms with E-state index in [0.29, 0.717) is 89.8 Å². The van der Waals surface area contributed by atoms with E-state index in [9.17, 15) is 75.5 Å². The number of nitrogen functional groups attached to an aromatic ring is 7. The molecule has 30 nitrogen and oxygen atoms in total. The molecule has 0 spiro atoms. The average molecular weight is 1580 g/mol. The predicted octanol–water partition coefficient (Wildman–Crippen LogP) is 10.1. The molecule has 104 heavy (non-hydrogen) atoms. The van der Waals surface area contributed by atoms with Gasteiger partial charge in [0.15, 0.2) is 19.7 Å². The lowest BCUT2D eigenvalue weighted by molar-refractivity contribution is -0.394. The standard InChI is InChI=1S/C13H18N2O4S2.C13H20N2O2S.C12H18N2O2S.C12H19NO2S.C8H11N3O.C6H5N3O4.C3H5ClO2S/c14-10-5-9(8-20(16,17)12-1-2-12)6-11(7-10)15-21(18,19)13-3-4-13;1-13(2,3)18(16,17)15-8-4-5-10-6-7-11(14)9-12(10)15;1-12(2,3)17(15,16)14-7-6-9-4-5-10(13)8-11(9)14;1-9-5-6-11(13)7-10(9)8-16(14,15)12(2,3)4;1-5(12)11-8-3-6(9)2-7(10)4-8;7-4-1-5(8(10)11)3-6(2-4)9(12)13;4-7(5,6)3-1-2-3/h5-7,12-13,15H,1-4,8,14H2;6-7,9H,4-5,8,14H2,1-3H3;4-5,8H,6-7,13H2,1-3H3;5-7H,8,13H2,1-4H3;2-4H,9-10H2,1H3,(H,11,12);1-3H,7H2;3H,1-2H2. The quantitative estimate of drug-likeness (QED) is 0.0212. The molecule has 0 saturated heterocycles. The summed E-state index contributed by atoms with van der Waals surface area (Å²) in [6, 6.07) is 28.9. The zero-order valence-electron chi connectivity index (χ0n) is 59.9. The first-order valence-electron chi connectivity index (χ1n) is 32.6. The summed E-state index contributed by atoms with van der Waals surface area (Å²) >= 11 is 0. The Morgan fingerprint density at radius 1 is 0.500 bits per heavy atom. The first-order valence-corrected chi connectivity index (χ1v) is 42.8. The third-order valence-corrected chi connectivity index (χ3v) is 29.8. The second-order valence-corrected chi connectivity index (χ2v) is 43.5. The monoisotopic (exact) mass is 1580 g/mol. The molecule has 16 N–H and O–H groups in total. The van der Waals surface area contributed by atoms with Gasteiger partial charge in [-0.2, -0.15) is 0 Å². The first kappa shape index (κ1) is 86.2. The highest BCUT2D eigenvalue weighted by Crippen LogP contribution is 2.39. The number of amides is 1. The molecule has 11 rings (SSSR count). The Bertz CT molecular complexity index is 4750. The van der Waals surface area contributed by atoms with Gasteiger partial charge in [0.2, 0.25) is 45.0 Å². The third-order valence-electron chi connectivity index (χ3n) is 16.1. The van der Waals surface area contributed by atoms with Gasteiger partial charge in [-0.3, -0.25) is 38.4 Å². The highest BCUT2D eigenvalue weighted by atomic mass is 35.7. The predicted molar refractivity (Wildman–Crippen MR) is 417 cm³/mol. The number of carbonyl (C=O) groups is 1. The number of benzene rings is 6. The summed E-state index contributed by atoms with van der Waals surface area (Å²) < 4.78 is 145. The van der Waals surface area contributed by atoms with Crippen molar-refractivity contribution < 1.29 is 65.1 Å². The Labute approximate surface area is 614 Å². The number of aryl methyl sites for hydroxylation is 2. The first-order chi connectivity index (χ1) is 47.5. The van der Waals surface area contributed by atoms with E-state index in [2.05, 4.69) is 10.0 Å². The van der Waals surface area contributed by atoms with Gasteiger partial charge in [-0.1, -0.05) is 18.2 Å². The van der Waals surface area contributed by atoms with Crippen molar-refractivity contribution in [3.63, 3.8) is 0 Å². The third kappa shape index (κ3) is 25.2. The largest absolute Gasteiger partial charge is 0.399 e. The number of nitrogens with two attached hydrogens (primary N) is 7. The van der Waals surface area contributed by atoms with E-state index in [1.807, 2.05) is 37.3 Å². The number of carbonyl (C=O) groups excluding carboxylic acids is 1. The molecule has 6 aromatic rings. The molecule has 2 heterocycles. The normalized spacial score (nSPS) is 15.2. The molecular weight excluding hydrogens is 1490 g/mol. The van der Waals surface area contributed by atoms with Crippen molar-refractivity contribution in [3.05, 3.63) is 157 Å². The van der Waals surface area contributed by atoms with Crippen LogP contribution >= 0.6 is 10.7 Å². The van der Waals surface area contributed by atoms with Gasteiger partial charge in [-0.05, 0) is 228 Å². The van der Waals surface area contributed by atoms with Gasteiger partial charge in [0, 0.05) is 88.3 Å². The molecule has 0 unspecified atom stereocenters. The van der Waals surface area contributed by atoms with Crippen molar-refractivity contribution >= 4 is 149 Å². The molecule has 574 valence electrons. The summed E-state index contributed by atoms with van der Waals surface area (Å²) in [5, 5.41) is 22.3. The zero-order valence-corrected chi connectivity index (χ0v) is 65.6. The van der Waals surface area contributed by atoms with Crippen LogP contribution in [0.5, 0.6) is 0 Å². The Morgan fingerprint density at radius 2 is 0.923 bits per heavy atom. The summed E-state index contributed by atoms with van der Waals surface area (Å²) in [4.78, 5) is 29.7. The van der Waals surface area contributed by atoms with E-state index in [-0.39, 0.29) is 50.2 Å². The fourth-order valence-electron chi connectivity index (χ4n) is 9.75. The summed E-state index contributed by atoms with van der Waals surface area (Å²) in [6.07, 6.45) is 6.79. The summed E-state index contributed by atoms with van der Waals surface area (Å²) in [5.41, 5.74) is 48.4. The van der Waals surface area contributed by atoms with E-state index in [1.54, 1.807) is 117 Å². The van der Waals surface area contributed by atoms with Crippen molar-refractivity contribution in [2.45, 2.75) is 175 Å². The van der Waals surface area contributed by atoms with Gasteiger partial charge in [-0.25, -0.2) is 50.5 Å². The number of halogens is 1. The molecule has 0 bridgehead atoms. The van der Waals surface area contributed by atoms with Crippen LogP contribution in [0.15, 0.2) is 109 Å². The number of rotatable bonds is 14. The van der Waals surface area contributed by atoms with Crippen LogP contribution in [-0.2, 0) is 87.9 Å². The molecule has 2 aliphatic heterocycles. The number of sulfonamides is 3. The second-order valence-electron chi connectivity index (χ2n) is 28.4. The minimum Gasteiger partial charge on any atom is -0.399 e. The Balaban J connectivity index is 0.000000222. The molecule has 6 aromatic carbocycles. The molecular formula is C67H96ClN13O17S6. The van der Waals surface area contributed by atoms with Crippen LogP contribution in [0.25, 0.3) is 0 Å². The Morgan fingerprint density at radius 3 is 1.35 bits per heavy atom. The van der Waals surface area contributed by atoms with Crippen LogP contribution in [0.3, 0.4) is 0 Å². The van der Waals surface area contributed by atoms with E-state index >= 15 is 0 Å². The minimum absolute atomic E-state index is 0.000833. The molecule has 3 fully saturated rings. The van der Waals surface area contributed by atoms with Crippen LogP contribution in [0, 0.1) is 27.2 Å². The summed E-state index contributed by atoms with van der Waals surface area (Å²) in [5.74, 6) is -0.186. The van der Waals surface area contributed by atoms with Crippen LogP contribution in [-0.4, -0.2) is 109 Å². The van der Waals surface area contributed by atoms with E-state index in [1.165, 1.54) is 21.6 Å². The number of nitro benzene ring substituents is 2. The van der Waals surface area contributed by atoms with E-state index in [4.69, 9.17) is 50.8 Å². The lowest BCUT2D eigenvalue weighted by Crippen LogP contribution is -2.45. The Hall–Kier alpha value is -8.42. The molecule has 5 aliphatic rings. The van der Waals surface area contributed by atoms with Crippen LogP contribution in [0.1, 0.15) is 142 Å². The topological polar surface area (TPSA) is 521 Å².